The molecule has 0 unspecified atom stereocenters. The van der Waals surface area contributed by atoms with Gasteiger partial charge in [0.1, 0.15) is 0 Å². The molecule has 2 aromatic carbocycles. The predicted molar refractivity (Wildman–Crippen MR) is 94.9 cm³/mol. The van der Waals surface area contributed by atoms with Gasteiger partial charge in [0.2, 0.25) is 0 Å². The smallest absolute Gasteiger partial charge is 0.272 e. The van der Waals surface area contributed by atoms with Crippen molar-refractivity contribution >= 4 is 5.91 Å². The van der Waals surface area contributed by atoms with Crippen LogP contribution in [0.15, 0.2) is 48.5 Å². The zero-order chi connectivity index (χ0) is 16.5. The molecule has 3 aromatic rings. The van der Waals surface area contributed by atoms with Gasteiger partial charge < -0.3 is 5.32 Å². The molecule has 4 nitrogen and oxygen atoms in total. The van der Waals surface area contributed by atoms with E-state index >= 15 is 0 Å². The Kier molecular flexibility index (Phi) is 3.65. The third kappa shape index (κ3) is 2.31. The Morgan fingerprint density at radius 1 is 1.04 bits per heavy atom. The van der Waals surface area contributed by atoms with Crippen LogP contribution in [0.3, 0.4) is 0 Å². The number of aromatic amines is 1. The number of hydrogen-bond acceptors (Lipinski definition) is 2. The first-order valence-electron chi connectivity index (χ1n) is 8.32. The van der Waals surface area contributed by atoms with Gasteiger partial charge in [-0.15, -0.1) is 0 Å². The number of amides is 1. The fourth-order valence-corrected chi connectivity index (χ4v) is 3.44. The minimum absolute atomic E-state index is 0.136. The molecule has 0 aliphatic heterocycles. The summed E-state index contributed by atoms with van der Waals surface area (Å²) in [6.07, 6.45) is 1.93. The number of hydrogen-bond donors (Lipinski definition) is 2. The first-order chi connectivity index (χ1) is 11.8. The second kappa shape index (κ2) is 5.96. The molecule has 1 aliphatic carbocycles. The van der Waals surface area contributed by atoms with Crippen LogP contribution in [0.1, 0.15) is 28.5 Å². The maximum atomic E-state index is 12.5. The topological polar surface area (TPSA) is 57.8 Å². The van der Waals surface area contributed by atoms with Gasteiger partial charge in [-0.1, -0.05) is 48.5 Å². The Hall–Kier alpha value is -2.88. The fraction of sp³-hybridized carbons (Fsp3) is 0.200. The molecule has 4 rings (SSSR count). The molecule has 120 valence electrons. The van der Waals surface area contributed by atoms with E-state index in [1.165, 1.54) is 11.1 Å². The Bertz CT molecular complexity index is 911. The van der Waals surface area contributed by atoms with E-state index in [4.69, 9.17) is 0 Å². The minimum Gasteiger partial charge on any atom is -0.351 e. The van der Waals surface area contributed by atoms with Crippen LogP contribution >= 0.6 is 0 Å². The predicted octanol–water partition coefficient (Wildman–Crippen LogP) is 3.59. The fourth-order valence-electron chi connectivity index (χ4n) is 3.44. The van der Waals surface area contributed by atoms with Gasteiger partial charge in [0.15, 0.2) is 5.69 Å². The number of carbonyl (C=O) groups is 1. The lowest BCUT2D eigenvalue weighted by molar-refractivity contribution is 0.0951. The molecule has 0 saturated carbocycles. The van der Waals surface area contributed by atoms with Crippen molar-refractivity contribution < 1.29 is 4.79 Å². The van der Waals surface area contributed by atoms with Crippen LogP contribution in [0.4, 0.5) is 0 Å². The van der Waals surface area contributed by atoms with Crippen molar-refractivity contribution in [2.45, 2.75) is 19.8 Å². The third-order valence-corrected chi connectivity index (χ3v) is 4.56. The standard InChI is InChI=1S/C20H19N3O/c1-2-21-20(24)19-17-15-9-5-3-7-13(15)11-12-14-8-4-6-10-16(14)18(17)22-23-19/h3-10H,2,11-12H2,1H3,(H,21,24)(H,22,23). The molecule has 0 atom stereocenters. The maximum absolute atomic E-state index is 12.5. The summed E-state index contributed by atoms with van der Waals surface area (Å²) < 4.78 is 0. The van der Waals surface area contributed by atoms with Crippen molar-refractivity contribution in [1.82, 2.24) is 15.5 Å². The van der Waals surface area contributed by atoms with E-state index < -0.39 is 0 Å². The van der Waals surface area contributed by atoms with Crippen LogP contribution in [0, 0.1) is 0 Å². The number of nitrogens with zero attached hydrogens (tertiary/aromatic N) is 1. The molecule has 2 N–H and O–H groups in total. The molecule has 1 aromatic heterocycles. The van der Waals surface area contributed by atoms with Gasteiger partial charge in [0, 0.05) is 17.7 Å². The molecular formula is C20H19N3O. The van der Waals surface area contributed by atoms with E-state index in [1.54, 1.807) is 0 Å². The number of rotatable bonds is 2. The Morgan fingerprint density at radius 3 is 2.38 bits per heavy atom. The van der Waals surface area contributed by atoms with Crippen LogP contribution in [-0.4, -0.2) is 22.6 Å². The van der Waals surface area contributed by atoms with E-state index in [9.17, 15) is 4.79 Å². The van der Waals surface area contributed by atoms with E-state index in [2.05, 4.69) is 51.9 Å². The van der Waals surface area contributed by atoms with Gasteiger partial charge in [0.05, 0.1) is 5.69 Å². The van der Waals surface area contributed by atoms with Crippen molar-refractivity contribution in [3.05, 3.63) is 65.4 Å². The number of H-pyrrole nitrogens is 1. The minimum atomic E-state index is -0.136. The summed E-state index contributed by atoms with van der Waals surface area (Å²) in [5.41, 5.74) is 7.06. The largest absolute Gasteiger partial charge is 0.351 e. The lowest BCUT2D eigenvalue weighted by atomic mass is 9.86. The summed E-state index contributed by atoms with van der Waals surface area (Å²) in [7, 11) is 0. The molecule has 24 heavy (non-hydrogen) atoms. The Balaban J connectivity index is 2.01. The zero-order valence-corrected chi connectivity index (χ0v) is 13.6. The summed E-state index contributed by atoms with van der Waals surface area (Å²) in [5.74, 6) is -0.136. The van der Waals surface area contributed by atoms with Gasteiger partial charge in [-0.05, 0) is 36.5 Å². The molecule has 0 fully saturated rings. The van der Waals surface area contributed by atoms with Crippen LogP contribution < -0.4 is 5.32 Å². The highest BCUT2D eigenvalue weighted by atomic mass is 16.1. The highest BCUT2D eigenvalue weighted by Gasteiger charge is 2.25. The molecule has 0 spiro atoms. The Morgan fingerprint density at radius 2 is 1.67 bits per heavy atom. The van der Waals surface area contributed by atoms with Crippen LogP contribution in [0.2, 0.25) is 0 Å². The number of fused-ring (bicyclic) bond motifs is 5. The monoisotopic (exact) mass is 317 g/mol. The number of aromatic nitrogens is 2. The number of nitrogens with one attached hydrogen (secondary N) is 2. The van der Waals surface area contributed by atoms with Gasteiger partial charge in [-0.3, -0.25) is 9.89 Å². The van der Waals surface area contributed by atoms with Crippen molar-refractivity contribution in [2.24, 2.45) is 0 Å². The number of benzene rings is 2. The summed E-state index contributed by atoms with van der Waals surface area (Å²) in [5, 5.41) is 10.3. The van der Waals surface area contributed by atoms with Gasteiger partial charge >= 0.3 is 0 Å². The van der Waals surface area contributed by atoms with Gasteiger partial charge in [-0.2, -0.15) is 5.10 Å². The zero-order valence-electron chi connectivity index (χ0n) is 13.6. The molecule has 1 amide bonds. The van der Waals surface area contributed by atoms with E-state index in [0.29, 0.717) is 12.2 Å². The van der Waals surface area contributed by atoms with E-state index in [-0.39, 0.29) is 5.91 Å². The molecule has 0 radical (unpaired) electrons. The summed E-state index contributed by atoms with van der Waals surface area (Å²) >= 11 is 0. The maximum Gasteiger partial charge on any atom is 0.272 e. The summed E-state index contributed by atoms with van der Waals surface area (Å²) in [4.78, 5) is 12.5. The number of aryl methyl sites for hydroxylation is 2. The van der Waals surface area contributed by atoms with E-state index in [1.807, 2.05) is 19.1 Å². The van der Waals surface area contributed by atoms with Crippen molar-refractivity contribution in [2.75, 3.05) is 6.54 Å². The SMILES string of the molecule is CCNC(=O)c1n[nH]c2c1-c1ccccc1CCc1ccccc1-2. The van der Waals surface area contributed by atoms with Crippen LogP contribution in [0.5, 0.6) is 0 Å². The molecule has 1 aliphatic rings. The quantitative estimate of drug-likeness (QED) is 0.759. The molecule has 1 heterocycles. The summed E-state index contributed by atoms with van der Waals surface area (Å²) in [6, 6.07) is 16.6. The normalized spacial score (nSPS) is 12.4. The highest BCUT2D eigenvalue weighted by Crippen LogP contribution is 2.39. The second-order valence-electron chi connectivity index (χ2n) is 6.00. The third-order valence-electron chi connectivity index (χ3n) is 4.56. The van der Waals surface area contributed by atoms with Gasteiger partial charge in [-0.25, -0.2) is 0 Å². The Labute approximate surface area is 140 Å². The lowest BCUT2D eigenvalue weighted by Crippen LogP contribution is -2.23. The second-order valence-corrected chi connectivity index (χ2v) is 6.00. The lowest BCUT2D eigenvalue weighted by Gasteiger charge is -2.17. The van der Waals surface area contributed by atoms with Crippen molar-refractivity contribution in [3.8, 4) is 22.4 Å². The van der Waals surface area contributed by atoms with Crippen LogP contribution in [0.25, 0.3) is 22.4 Å². The van der Waals surface area contributed by atoms with Crippen molar-refractivity contribution in [1.29, 1.82) is 0 Å². The molecule has 0 saturated heterocycles. The van der Waals surface area contributed by atoms with E-state index in [0.717, 1.165) is 35.2 Å². The average molecular weight is 317 g/mol. The number of carbonyl (C=O) groups excluding carboxylic acids is 1. The first kappa shape index (κ1) is 14.7. The first-order valence-corrected chi connectivity index (χ1v) is 8.32. The molecular weight excluding hydrogens is 298 g/mol. The molecule has 4 heteroatoms. The van der Waals surface area contributed by atoms with Gasteiger partial charge in [0.25, 0.3) is 5.91 Å². The van der Waals surface area contributed by atoms with Crippen molar-refractivity contribution in [3.63, 3.8) is 0 Å². The highest BCUT2D eigenvalue weighted by molar-refractivity contribution is 6.03. The average Bonchev–Trinajstić information content (AvgIpc) is 3.03. The summed E-state index contributed by atoms with van der Waals surface area (Å²) in [6.45, 7) is 2.50. The van der Waals surface area contributed by atoms with Crippen LogP contribution in [-0.2, 0) is 12.8 Å². The molecule has 0 bridgehead atoms.